The van der Waals surface area contributed by atoms with E-state index in [9.17, 15) is 14.4 Å². The number of hydrogen-bond acceptors (Lipinski definition) is 5. The maximum absolute atomic E-state index is 12.0. The Kier molecular flexibility index (Phi) is 4.88. The standard InChI is InChI=1S/C19H18N2O5/c1-12-6-5-7-13(2)18(12)20-16(22)11-25-17(23)10-21-14-8-3-4-9-15(14)26-19(21)24/h3-9H,10-11H2,1-2H3,(H,20,22). The van der Waals surface area contributed by atoms with Crippen LogP contribution in [0.5, 0.6) is 0 Å². The minimum Gasteiger partial charge on any atom is -0.454 e. The van der Waals surface area contributed by atoms with Gasteiger partial charge in [-0.15, -0.1) is 0 Å². The van der Waals surface area contributed by atoms with Gasteiger partial charge in [-0.3, -0.25) is 14.2 Å². The molecule has 3 rings (SSSR count). The van der Waals surface area contributed by atoms with Crippen LogP contribution in [0, 0.1) is 13.8 Å². The molecular weight excluding hydrogens is 336 g/mol. The summed E-state index contributed by atoms with van der Waals surface area (Å²) in [6, 6.07) is 12.4. The number of nitrogens with one attached hydrogen (secondary N) is 1. The maximum atomic E-state index is 12.0. The molecule has 1 heterocycles. The fourth-order valence-electron chi connectivity index (χ4n) is 2.67. The summed E-state index contributed by atoms with van der Waals surface area (Å²) in [5.41, 5.74) is 3.42. The topological polar surface area (TPSA) is 90.5 Å². The highest BCUT2D eigenvalue weighted by molar-refractivity contribution is 5.94. The van der Waals surface area contributed by atoms with Gasteiger partial charge in [0, 0.05) is 5.69 Å². The van der Waals surface area contributed by atoms with Crippen molar-refractivity contribution in [3.8, 4) is 0 Å². The molecule has 1 aromatic heterocycles. The second-order valence-electron chi connectivity index (χ2n) is 5.90. The molecule has 0 unspecified atom stereocenters. The van der Waals surface area contributed by atoms with Crippen LogP contribution in [0.2, 0.25) is 0 Å². The van der Waals surface area contributed by atoms with Crippen molar-refractivity contribution in [1.82, 2.24) is 4.57 Å². The summed E-state index contributed by atoms with van der Waals surface area (Å²) in [5, 5.41) is 2.73. The zero-order valence-electron chi connectivity index (χ0n) is 14.4. The molecule has 3 aromatic rings. The van der Waals surface area contributed by atoms with Gasteiger partial charge in [-0.1, -0.05) is 30.3 Å². The second kappa shape index (κ2) is 7.26. The third-order valence-corrected chi connectivity index (χ3v) is 3.97. The zero-order valence-corrected chi connectivity index (χ0v) is 14.4. The van der Waals surface area contributed by atoms with Crippen molar-refractivity contribution < 1.29 is 18.7 Å². The van der Waals surface area contributed by atoms with Crippen LogP contribution in [-0.2, 0) is 20.9 Å². The summed E-state index contributed by atoms with van der Waals surface area (Å²) < 4.78 is 11.2. The molecule has 1 amide bonds. The number of carbonyl (C=O) groups is 2. The van der Waals surface area contributed by atoms with Crippen molar-refractivity contribution in [3.63, 3.8) is 0 Å². The summed E-state index contributed by atoms with van der Waals surface area (Å²) in [4.78, 5) is 35.9. The van der Waals surface area contributed by atoms with Crippen LogP contribution in [-0.4, -0.2) is 23.1 Å². The number of rotatable bonds is 5. The third-order valence-electron chi connectivity index (χ3n) is 3.97. The molecule has 0 saturated heterocycles. The Morgan fingerprint density at radius 1 is 1.08 bits per heavy atom. The monoisotopic (exact) mass is 354 g/mol. The Hall–Kier alpha value is -3.35. The van der Waals surface area contributed by atoms with E-state index < -0.39 is 24.2 Å². The van der Waals surface area contributed by atoms with Gasteiger partial charge >= 0.3 is 11.7 Å². The number of aromatic nitrogens is 1. The molecule has 0 saturated carbocycles. The van der Waals surface area contributed by atoms with Crippen LogP contribution >= 0.6 is 0 Å². The summed E-state index contributed by atoms with van der Waals surface area (Å²) in [6.45, 7) is 3.00. The van der Waals surface area contributed by atoms with Gasteiger partial charge in [0.2, 0.25) is 0 Å². The maximum Gasteiger partial charge on any atom is 0.420 e. The number of anilines is 1. The molecule has 2 aromatic carbocycles. The largest absolute Gasteiger partial charge is 0.454 e. The lowest BCUT2D eigenvalue weighted by Gasteiger charge is -2.11. The van der Waals surface area contributed by atoms with E-state index in [1.54, 1.807) is 24.3 Å². The van der Waals surface area contributed by atoms with Crippen molar-refractivity contribution in [2.24, 2.45) is 0 Å². The highest BCUT2D eigenvalue weighted by Gasteiger charge is 2.15. The molecule has 7 heteroatoms. The SMILES string of the molecule is Cc1cccc(C)c1NC(=O)COC(=O)Cn1c(=O)oc2ccccc21. The van der Waals surface area contributed by atoms with Crippen molar-refractivity contribution in [2.45, 2.75) is 20.4 Å². The van der Waals surface area contributed by atoms with Gasteiger partial charge in [0.15, 0.2) is 12.2 Å². The quantitative estimate of drug-likeness (QED) is 0.711. The van der Waals surface area contributed by atoms with Gasteiger partial charge in [-0.05, 0) is 37.1 Å². The number of para-hydroxylation sites is 3. The fraction of sp³-hybridized carbons (Fsp3) is 0.211. The van der Waals surface area contributed by atoms with Crippen LogP contribution in [0.4, 0.5) is 5.69 Å². The number of nitrogens with zero attached hydrogens (tertiary/aromatic N) is 1. The number of aryl methyl sites for hydroxylation is 2. The summed E-state index contributed by atoms with van der Waals surface area (Å²) >= 11 is 0. The smallest absolute Gasteiger partial charge is 0.420 e. The summed E-state index contributed by atoms with van der Waals surface area (Å²) in [6.07, 6.45) is 0. The van der Waals surface area contributed by atoms with E-state index in [1.165, 1.54) is 4.57 Å². The zero-order chi connectivity index (χ0) is 18.7. The third kappa shape index (κ3) is 3.66. The number of amides is 1. The van der Waals surface area contributed by atoms with E-state index in [0.717, 1.165) is 11.1 Å². The van der Waals surface area contributed by atoms with E-state index in [-0.39, 0.29) is 6.54 Å². The predicted octanol–water partition coefficient (Wildman–Crippen LogP) is 2.39. The average molecular weight is 354 g/mol. The predicted molar refractivity (Wildman–Crippen MR) is 96.0 cm³/mol. The molecule has 0 aliphatic rings. The molecule has 1 N–H and O–H groups in total. The first-order valence-electron chi connectivity index (χ1n) is 8.06. The van der Waals surface area contributed by atoms with Crippen molar-refractivity contribution in [1.29, 1.82) is 0 Å². The second-order valence-corrected chi connectivity index (χ2v) is 5.90. The summed E-state index contributed by atoms with van der Waals surface area (Å²) in [5.74, 6) is -1.79. The molecule has 0 bridgehead atoms. The molecule has 0 radical (unpaired) electrons. The van der Waals surface area contributed by atoms with Crippen LogP contribution in [0.1, 0.15) is 11.1 Å². The van der Waals surface area contributed by atoms with Gasteiger partial charge in [0.1, 0.15) is 6.54 Å². The van der Waals surface area contributed by atoms with E-state index in [1.807, 2.05) is 32.0 Å². The lowest BCUT2D eigenvalue weighted by molar-refractivity contribution is -0.147. The Labute approximate surface area is 149 Å². The van der Waals surface area contributed by atoms with Gasteiger partial charge in [-0.25, -0.2) is 4.79 Å². The lowest BCUT2D eigenvalue weighted by Crippen LogP contribution is -2.26. The van der Waals surface area contributed by atoms with Gasteiger partial charge in [0.25, 0.3) is 5.91 Å². The van der Waals surface area contributed by atoms with Crippen LogP contribution in [0.25, 0.3) is 11.1 Å². The lowest BCUT2D eigenvalue weighted by atomic mass is 10.1. The molecule has 134 valence electrons. The Balaban J connectivity index is 1.61. The van der Waals surface area contributed by atoms with Crippen molar-refractivity contribution >= 4 is 28.7 Å². The normalized spacial score (nSPS) is 10.7. The summed E-state index contributed by atoms with van der Waals surface area (Å²) in [7, 11) is 0. The molecule has 0 aliphatic heterocycles. The Morgan fingerprint density at radius 2 is 1.77 bits per heavy atom. The first kappa shape index (κ1) is 17.5. The molecule has 7 nitrogen and oxygen atoms in total. The Morgan fingerprint density at radius 3 is 2.50 bits per heavy atom. The number of hydrogen-bond donors (Lipinski definition) is 1. The highest BCUT2D eigenvalue weighted by atomic mass is 16.5. The minimum absolute atomic E-state index is 0.327. The van der Waals surface area contributed by atoms with Crippen LogP contribution in [0.15, 0.2) is 51.7 Å². The van der Waals surface area contributed by atoms with E-state index in [4.69, 9.17) is 9.15 Å². The molecule has 0 atom stereocenters. The molecule has 0 spiro atoms. The fourth-order valence-corrected chi connectivity index (χ4v) is 2.67. The van der Waals surface area contributed by atoms with E-state index in [0.29, 0.717) is 16.8 Å². The van der Waals surface area contributed by atoms with Gasteiger partial charge in [-0.2, -0.15) is 0 Å². The van der Waals surface area contributed by atoms with Crippen LogP contribution < -0.4 is 11.1 Å². The number of esters is 1. The molecular formula is C19H18N2O5. The average Bonchev–Trinajstić information content (AvgIpc) is 2.92. The van der Waals surface area contributed by atoms with E-state index >= 15 is 0 Å². The number of carbonyl (C=O) groups excluding carboxylic acids is 2. The molecule has 0 fully saturated rings. The Bertz CT molecular complexity index is 1010. The number of fused-ring (bicyclic) bond motifs is 1. The first-order chi connectivity index (χ1) is 12.5. The van der Waals surface area contributed by atoms with Gasteiger partial charge in [0.05, 0.1) is 5.52 Å². The number of benzene rings is 2. The molecule has 0 aliphatic carbocycles. The van der Waals surface area contributed by atoms with Crippen molar-refractivity contribution in [2.75, 3.05) is 11.9 Å². The first-order valence-corrected chi connectivity index (χ1v) is 8.06. The van der Waals surface area contributed by atoms with E-state index in [2.05, 4.69) is 5.32 Å². The number of oxazole rings is 1. The minimum atomic E-state index is -0.699. The van der Waals surface area contributed by atoms with Crippen LogP contribution in [0.3, 0.4) is 0 Å². The van der Waals surface area contributed by atoms with Gasteiger partial charge < -0.3 is 14.5 Å². The highest BCUT2D eigenvalue weighted by Crippen LogP contribution is 2.19. The number of ether oxygens (including phenoxy) is 1. The van der Waals surface area contributed by atoms with Crippen molar-refractivity contribution in [3.05, 3.63) is 64.1 Å². The molecule has 26 heavy (non-hydrogen) atoms.